The van der Waals surface area contributed by atoms with E-state index < -0.39 is 18.2 Å². The first-order chi connectivity index (χ1) is 10.0. The maximum atomic E-state index is 13.7. The molecule has 3 rings (SSSR count). The van der Waals surface area contributed by atoms with Crippen LogP contribution in [0.4, 0.5) is 18.9 Å². The Balaban J connectivity index is 1.75. The van der Waals surface area contributed by atoms with Gasteiger partial charge in [0, 0.05) is 16.6 Å². The maximum absolute atomic E-state index is 13.7. The fraction of sp³-hybridized carbons (Fsp3) is 0.286. The number of ether oxygens (including phenoxy) is 1. The molecule has 7 heteroatoms. The molecule has 2 aromatic rings. The number of thiophene rings is 1. The largest absolute Gasteiger partial charge is 0.432 e. The van der Waals surface area contributed by atoms with Crippen LogP contribution < -0.4 is 10.1 Å². The molecule has 0 saturated heterocycles. The molecule has 1 aromatic carbocycles. The molecule has 1 heterocycles. The minimum atomic E-state index is -3.04. The zero-order valence-corrected chi connectivity index (χ0v) is 12.3. The van der Waals surface area contributed by atoms with Crippen LogP contribution in [0.15, 0.2) is 24.3 Å². The zero-order valence-electron chi connectivity index (χ0n) is 10.7. The van der Waals surface area contributed by atoms with Crippen molar-refractivity contribution in [1.82, 2.24) is 0 Å². The Morgan fingerprint density at radius 2 is 2.14 bits per heavy atom. The molecule has 0 saturated carbocycles. The molecule has 1 unspecified atom stereocenters. The lowest BCUT2D eigenvalue weighted by Crippen LogP contribution is -2.08. The number of alkyl halides is 2. The van der Waals surface area contributed by atoms with E-state index in [0.29, 0.717) is 5.69 Å². The fourth-order valence-electron chi connectivity index (χ4n) is 2.46. The standard InChI is InChI=1S/C14H11ClF3NOS/c15-13-6-8-10(2-4-12(8)21-13)19-7-1-3-11(9(16)5-7)20-14(17)18/h1,3,5-6,10,14,19H,2,4H2. The molecule has 21 heavy (non-hydrogen) atoms. The summed E-state index contributed by atoms with van der Waals surface area (Å²) >= 11 is 7.54. The van der Waals surface area contributed by atoms with Crippen molar-refractivity contribution in [2.24, 2.45) is 0 Å². The van der Waals surface area contributed by atoms with Gasteiger partial charge in [0.05, 0.1) is 10.4 Å². The van der Waals surface area contributed by atoms with Gasteiger partial charge in [-0.05, 0) is 36.6 Å². The van der Waals surface area contributed by atoms with Crippen molar-refractivity contribution in [1.29, 1.82) is 0 Å². The Bertz CT molecular complexity index is 662. The van der Waals surface area contributed by atoms with Gasteiger partial charge in [0.15, 0.2) is 11.6 Å². The van der Waals surface area contributed by atoms with E-state index in [1.54, 1.807) is 11.3 Å². The van der Waals surface area contributed by atoms with Gasteiger partial charge in [0.1, 0.15) is 0 Å². The van der Waals surface area contributed by atoms with Crippen LogP contribution in [0.3, 0.4) is 0 Å². The molecule has 1 N–H and O–H groups in total. The zero-order chi connectivity index (χ0) is 15.0. The monoisotopic (exact) mass is 333 g/mol. The summed E-state index contributed by atoms with van der Waals surface area (Å²) in [6, 6.07) is 5.85. The van der Waals surface area contributed by atoms with Gasteiger partial charge in [-0.2, -0.15) is 8.78 Å². The third kappa shape index (κ3) is 3.11. The second kappa shape index (κ2) is 5.77. The maximum Gasteiger partial charge on any atom is 0.387 e. The molecule has 0 amide bonds. The average Bonchev–Trinajstić information content (AvgIpc) is 2.93. The highest BCUT2D eigenvalue weighted by molar-refractivity contribution is 7.16. The van der Waals surface area contributed by atoms with E-state index >= 15 is 0 Å². The molecule has 0 radical (unpaired) electrons. The van der Waals surface area contributed by atoms with Crippen LogP contribution in [0.2, 0.25) is 4.34 Å². The summed E-state index contributed by atoms with van der Waals surface area (Å²) in [5.74, 6) is -1.27. The number of nitrogens with one attached hydrogen (secondary N) is 1. The third-order valence-electron chi connectivity index (χ3n) is 3.34. The van der Waals surface area contributed by atoms with E-state index in [1.807, 2.05) is 6.07 Å². The van der Waals surface area contributed by atoms with Crippen molar-refractivity contribution in [2.45, 2.75) is 25.5 Å². The SMILES string of the molecule is Fc1cc(NC2CCc3sc(Cl)cc32)ccc1OC(F)F. The molecule has 112 valence electrons. The van der Waals surface area contributed by atoms with Crippen LogP contribution in [-0.2, 0) is 6.42 Å². The Labute approximate surface area is 128 Å². The lowest BCUT2D eigenvalue weighted by molar-refractivity contribution is -0.0521. The number of hydrogen-bond acceptors (Lipinski definition) is 3. The summed E-state index contributed by atoms with van der Waals surface area (Å²) in [5, 5.41) is 3.20. The van der Waals surface area contributed by atoms with Crippen LogP contribution >= 0.6 is 22.9 Å². The fourth-order valence-corrected chi connectivity index (χ4v) is 3.82. The smallest absolute Gasteiger partial charge is 0.387 e. The lowest BCUT2D eigenvalue weighted by atomic mass is 10.1. The van der Waals surface area contributed by atoms with E-state index in [2.05, 4.69) is 10.1 Å². The van der Waals surface area contributed by atoms with Gasteiger partial charge in [-0.3, -0.25) is 0 Å². The highest BCUT2D eigenvalue weighted by Crippen LogP contribution is 2.41. The van der Waals surface area contributed by atoms with Gasteiger partial charge < -0.3 is 10.1 Å². The minimum absolute atomic E-state index is 0.0602. The molecule has 0 fully saturated rings. The molecule has 2 nitrogen and oxygen atoms in total. The summed E-state index contributed by atoms with van der Waals surface area (Å²) in [5.41, 5.74) is 1.65. The summed E-state index contributed by atoms with van der Waals surface area (Å²) < 4.78 is 42.6. The predicted octanol–water partition coefficient (Wildman–Crippen LogP) is 5.24. The van der Waals surface area contributed by atoms with Crippen molar-refractivity contribution in [2.75, 3.05) is 5.32 Å². The van der Waals surface area contributed by atoms with Crippen LogP contribution in [0, 0.1) is 5.82 Å². The van der Waals surface area contributed by atoms with Crippen LogP contribution in [0.1, 0.15) is 22.9 Å². The Hall–Kier alpha value is -1.40. The highest BCUT2D eigenvalue weighted by atomic mass is 35.5. The Morgan fingerprint density at radius 1 is 1.33 bits per heavy atom. The number of aryl methyl sites for hydroxylation is 1. The van der Waals surface area contributed by atoms with E-state index in [9.17, 15) is 13.2 Å². The van der Waals surface area contributed by atoms with Crippen molar-refractivity contribution in [3.63, 3.8) is 0 Å². The minimum Gasteiger partial charge on any atom is -0.432 e. The molecule has 1 aliphatic rings. The van der Waals surface area contributed by atoms with E-state index in [4.69, 9.17) is 11.6 Å². The van der Waals surface area contributed by atoms with E-state index in [-0.39, 0.29) is 6.04 Å². The predicted molar refractivity (Wildman–Crippen MR) is 77.0 cm³/mol. The van der Waals surface area contributed by atoms with Crippen molar-refractivity contribution in [3.05, 3.63) is 44.9 Å². The molecular formula is C14H11ClF3NOS. The molecule has 0 aliphatic heterocycles. The Morgan fingerprint density at radius 3 is 2.86 bits per heavy atom. The van der Waals surface area contributed by atoms with Crippen LogP contribution in [0.25, 0.3) is 0 Å². The highest BCUT2D eigenvalue weighted by Gasteiger charge is 2.25. The number of rotatable bonds is 4. The van der Waals surface area contributed by atoms with Crippen molar-refractivity contribution >= 4 is 28.6 Å². The van der Waals surface area contributed by atoms with Crippen LogP contribution in [-0.4, -0.2) is 6.61 Å². The quantitative estimate of drug-likeness (QED) is 0.826. The van der Waals surface area contributed by atoms with Gasteiger partial charge in [-0.15, -0.1) is 11.3 Å². The summed E-state index contributed by atoms with van der Waals surface area (Å²) in [4.78, 5) is 1.23. The van der Waals surface area contributed by atoms with Gasteiger partial charge in [0.2, 0.25) is 0 Å². The number of halogens is 4. The second-order valence-electron chi connectivity index (χ2n) is 4.69. The van der Waals surface area contributed by atoms with Gasteiger partial charge in [0.25, 0.3) is 0 Å². The van der Waals surface area contributed by atoms with Gasteiger partial charge in [-0.25, -0.2) is 4.39 Å². The van der Waals surface area contributed by atoms with E-state index in [1.165, 1.54) is 17.0 Å². The number of fused-ring (bicyclic) bond motifs is 1. The summed E-state index contributed by atoms with van der Waals surface area (Å²) in [6.45, 7) is -3.04. The molecular weight excluding hydrogens is 323 g/mol. The summed E-state index contributed by atoms with van der Waals surface area (Å²) in [6.07, 6.45) is 1.83. The third-order valence-corrected chi connectivity index (χ3v) is 4.68. The van der Waals surface area contributed by atoms with Crippen molar-refractivity contribution < 1.29 is 17.9 Å². The number of hydrogen-bond donors (Lipinski definition) is 1. The molecule has 0 spiro atoms. The first kappa shape index (κ1) is 14.5. The van der Waals surface area contributed by atoms with Crippen molar-refractivity contribution in [3.8, 4) is 5.75 Å². The molecule has 1 aromatic heterocycles. The number of anilines is 1. The second-order valence-corrected chi connectivity index (χ2v) is 6.46. The van der Waals surface area contributed by atoms with Gasteiger partial charge in [-0.1, -0.05) is 11.6 Å². The average molecular weight is 334 g/mol. The van der Waals surface area contributed by atoms with Gasteiger partial charge >= 0.3 is 6.61 Å². The normalized spacial score (nSPS) is 17.1. The van der Waals surface area contributed by atoms with E-state index in [0.717, 1.165) is 28.8 Å². The molecule has 1 atom stereocenters. The first-order valence-corrected chi connectivity index (χ1v) is 7.51. The Kier molecular flexibility index (Phi) is 3.99. The number of benzene rings is 1. The molecule has 0 bridgehead atoms. The molecule has 1 aliphatic carbocycles. The summed E-state index contributed by atoms with van der Waals surface area (Å²) in [7, 11) is 0. The topological polar surface area (TPSA) is 21.3 Å². The first-order valence-electron chi connectivity index (χ1n) is 6.32. The lowest BCUT2D eigenvalue weighted by Gasteiger charge is -2.15. The van der Waals surface area contributed by atoms with Crippen LogP contribution in [0.5, 0.6) is 5.75 Å².